The molecule has 15 heteroatoms. The zero-order chi connectivity index (χ0) is 30.5. The van der Waals surface area contributed by atoms with Crippen molar-refractivity contribution < 1.29 is 69.3 Å². The standard InChI is InChI=1S/C27H30O15/c1-9-25(42-27-23(36)21(34)20(33)18(8-28)41-27)22(35)24(37)26(38-9)39-11-5-14(31)19-15(32)7-16(40-17(19)6-11)10-2-3-12(29)13(30)4-10/h2-7,9,18,20-31,33-37H,8H2,1H3/t9-,18-,20-,21+,22-,23-,24+,25+,26+,27-/m1/s1. The van der Waals surface area contributed by atoms with Crippen molar-refractivity contribution in [2.45, 2.75) is 68.3 Å². The Morgan fingerprint density at radius 3 is 2.19 bits per heavy atom. The van der Waals surface area contributed by atoms with Crippen LogP contribution < -0.4 is 10.2 Å². The number of aliphatic hydroxyl groups excluding tert-OH is 6. The Hall–Kier alpha value is -3.51. The van der Waals surface area contributed by atoms with E-state index in [2.05, 4.69) is 0 Å². The molecule has 0 spiro atoms. The first kappa shape index (κ1) is 30.0. The van der Waals surface area contributed by atoms with Gasteiger partial charge in [-0.2, -0.15) is 0 Å². The molecular formula is C27H30O15. The molecule has 228 valence electrons. The molecule has 3 heterocycles. The van der Waals surface area contributed by atoms with Gasteiger partial charge in [0.15, 0.2) is 23.2 Å². The number of fused-ring (bicyclic) bond motifs is 1. The molecule has 2 saturated heterocycles. The van der Waals surface area contributed by atoms with Gasteiger partial charge in [0.25, 0.3) is 0 Å². The molecule has 42 heavy (non-hydrogen) atoms. The van der Waals surface area contributed by atoms with Crippen molar-refractivity contribution in [1.29, 1.82) is 0 Å². The number of ether oxygens (including phenoxy) is 4. The maximum absolute atomic E-state index is 12.7. The molecule has 0 aliphatic carbocycles. The van der Waals surface area contributed by atoms with Crippen LogP contribution in [0.15, 0.2) is 45.6 Å². The predicted molar refractivity (Wildman–Crippen MR) is 139 cm³/mol. The molecule has 0 amide bonds. The third-order valence-corrected chi connectivity index (χ3v) is 7.21. The maximum Gasteiger partial charge on any atom is 0.229 e. The van der Waals surface area contributed by atoms with Crippen LogP contribution in [0.25, 0.3) is 22.3 Å². The van der Waals surface area contributed by atoms with E-state index in [1.165, 1.54) is 31.2 Å². The summed E-state index contributed by atoms with van der Waals surface area (Å²) in [5.74, 6) is -1.45. The fourth-order valence-corrected chi connectivity index (χ4v) is 4.89. The fourth-order valence-electron chi connectivity index (χ4n) is 4.89. The second kappa shape index (κ2) is 11.6. The lowest BCUT2D eigenvalue weighted by molar-refractivity contribution is -0.348. The highest BCUT2D eigenvalue weighted by Crippen LogP contribution is 2.36. The lowest BCUT2D eigenvalue weighted by atomic mass is 9.97. The molecule has 15 nitrogen and oxygen atoms in total. The monoisotopic (exact) mass is 594 g/mol. The van der Waals surface area contributed by atoms with E-state index in [0.717, 1.165) is 12.1 Å². The second-order valence-electron chi connectivity index (χ2n) is 10.1. The Morgan fingerprint density at radius 2 is 1.50 bits per heavy atom. The summed E-state index contributed by atoms with van der Waals surface area (Å²) in [5.41, 5.74) is -0.486. The van der Waals surface area contributed by atoms with E-state index in [1.54, 1.807) is 0 Å². The lowest BCUT2D eigenvalue weighted by Crippen LogP contribution is -2.64. The normalized spacial score (nSPS) is 33.5. The molecule has 2 fully saturated rings. The van der Waals surface area contributed by atoms with Crippen LogP contribution in [0.2, 0.25) is 0 Å². The minimum absolute atomic E-state index is 0.00512. The molecule has 2 aliphatic rings. The zero-order valence-corrected chi connectivity index (χ0v) is 21.9. The topological polar surface area (TPSA) is 249 Å². The van der Waals surface area contributed by atoms with Gasteiger partial charge in [-0.1, -0.05) is 0 Å². The van der Waals surface area contributed by atoms with Gasteiger partial charge >= 0.3 is 0 Å². The number of hydrogen-bond acceptors (Lipinski definition) is 15. The molecule has 2 aliphatic heterocycles. The van der Waals surface area contributed by atoms with Crippen molar-refractivity contribution in [2.24, 2.45) is 0 Å². The molecule has 10 atom stereocenters. The SMILES string of the molecule is C[C@H]1O[C@@H](Oc2cc(O)c3c(=O)cc(-c4ccc(O)c(O)c4)oc3c2)[C@@H](O)[C@@H](O)[C@H]1O[C@H]1O[C@H](CO)[C@@H](O)[C@H](O)[C@H]1O. The molecular weight excluding hydrogens is 564 g/mol. The van der Waals surface area contributed by atoms with Gasteiger partial charge in [0.05, 0.1) is 12.7 Å². The Morgan fingerprint density at radius 1 is 0.786 bits per heavy atom. The van der Waals surface area contributed by atoms with Crippen LogP contribution >= 0.6 is 0 Å². The zero-order valence-electron chi connectivity index (χ0n) is 21.9. The maximum atomic E-state index is 12.7. The Balaban J connectivity index is 1.35. The van der Waals surface area contributed by atoms with Crippen molar-refractivity contribution in [3.05, 3.63) is 46.6 Å². The Labute approximate surface area is 236 Å². The lowest BCUT2D eigenvalue weighted by Gasteiger charge is -2.45. The van der Waals surface area contributed by atoms with E-state index in [0.29, 0.717) is 0 Å². The van der Waals surface area contributed by atoms with E-state index >= 15 is 0 Å². The van der Waals surface area contributed by atoms with Crippen LogP contribution in [0.5, 0.6) is 23.0 Å². The van der Waals surface area contributed by atoms with Gasteiger partial charge in [0.1, 0.15) is 71.0 Å². The summed E-state index contributed by atoms with van der Waals surface area (Å²) in [7, 11) is 0. The minimum atomic E-state index is -1.76. The summed E-state index contributed by atoms with van der Waals surface area (Å²) in [6.45, 7) is 0.761. The predicted octanol–water partition coefficient (Wildman–Crippen LogP) is -1.39. The van der Waals surface area contributed by atoms with Crippen molar-refractivity contribution >= 4 is 11.0 Å². The highest BCUT2D eigenvalue weighted by molar-refractivity contribution is 5.86. The summed E-state index contributed by atoms with van der Waals surface area (Å²) < 4.78 is 28.0. The smallest absolute Gasteiger partial charge is 0.229 e. The van der Waals surface area contributed by atoms with Crippen molar-refractivity contribution in [3.63, 3.8) is 0 Å². The highest BCUT2D eigenvalue weighted by atomic mass is 16.7. The minimum Gasteiger partial charge on any atom is -0.507 e. The number of aromatic hydroxyl groups is 3. The van der Waals surface area contributed by atoms with Crippen LogP contribution in [-0.2, 0) is 14.2 Å². The number of aliphatic hydroxyl groups is 6. The largest absolute Gasteiger partial charge is 0.507 e. The molecule has 0 bridgehead atoms. The van der Waals surface area contributed by atoms with Gasteiger partial charge in [0, 0.05) is 23.8 Å². The van der Waals surface area contributed by atoms with E-state index in [4.69, 9.17) is 23.4 Å². The summed E-state index contributed by atoms with van der Waals surface area (Å²) in [6.07, 6.45) is -15.3. The summed E-state index contributed by atoms with van der Waals surface area (Å²) in [4.78, 5) is 12.7. The van der Waals surface area contributed by atoms with E-state index < -0.39 is 84.9 Å². The van der Waals surface area contributed by atoms with Crippen LogP contribution in [-0.4, -0.2) is 114 Å². The van der Waals surface area contributed by atoms with Crippen LogP contribution in [0.3, 0.4) is 0 Å². The van der Waals surface area contributed by atoms with Gasteiger partial charge in [-0.25, -0.2) is 0 Å². The Bertz CT molecular complexity index is 1490. The summed E-state index contributed by atoms with van der Waals surface area (Å²) in [5, 5.41) is 90.9. The first-order chi connectivity index (χ1) is 19.9. The molecule has 2 aromatic carbocycles. The van der Waals surface area contributed by atoms with Gasteiger partial charge < -0.3 is 69.3 Å². The van der Waals surface area contributed by atoms with Crippen LogP contribution in [0.1, 0.15) is 6.92 Å². The molecule has 9 N–H and O–H groups in total. The number of benzene rings is 2. The Kier molecular flexibility index (Phi) is 8.30. The van der Waals surface area contributed by atoms with Gasteiger partial charge in [-0.3, -0.25) is 4.79 Å². The average Bonchev–Trinajstić information content (AvgIpc) is 2.94. The molecule has 0 radical (unpaired) electrons. The average molecular weight is 595 g/mol. The van der Waals surface area contributed by atoms with Crippen LogP contribution in [0, 0.1) is 0 Å². The fraction of sp³-hybridized carbons (Fsp3) is 0.444. The number of phenols is 3. The first-order valence-corrected chi connectivity index (χ1v) is 12.9. The number of hydrogen-bond donors (Lipinski definition) is 9. The van der Waals surface area contributed by atoms with E-state index in [1.807, 2.05) is 0 Å². The van der Waals surface area contributed by atoms with E-state index in [9.17, 15) is 50.8 Å². The number of phenolic OH excluding ortho intramolecular Hbond substituents is 3. The third-order valence-electron chi connectivity index (χ3n) is 7.21. The molecule has 0 unspecified atom stereocenters. The molecule has 1 aromatic heterocycles. The second-order valence-corrected chi connectivity index (χ2v) is 10.1. The van der Waals surface area contributed by atoms with Crippen molar-refractivity contribution in [1.82, 2.24) is 0 Å². The quantitative estimate of drug-likeness (QED) is 0.149. The van der Waals surface area contributed by atoms with Crippen LogP contribution in [0.4, 0.5) is 0 Å². The van der Waals surface area contributed by atoms with Gasteiger partial charge in [0.2, 0.25) is 6.29 Å². The summed E-state index contributed by atoms with van der Waals surface area (Å²) in [6, 6.07) is 7.19. The van der Waals surface area contributed by atoms with Crippen molar-refractivity contribution in [3.8, 4) is 34.3 Å². The first-order valence-electron chi connectivity index (χ1n) is 12.9. The molecule has 3 aromatic rings. The summed E-state index contributed by atoms with van der Waals surface area (Å²) >= 11 is 0. The molecule has 0 saturated carbocycles. The van der Waals surface area contributed by atoms with E-state index in [-0.39, 0.29) is 33.8 Å². The molecule has 5 rings (SSSR count). The van der Waals surface area contributed by atoms with Gasteiger partial charge in [-0.15, -0.1) is 0 Å². The number of rotatable bonds is 6. The van der Waals surface area contributed by atoms with Crippen molar-refractivity contribution in [2.75, 3.05) is 6.61 Å². The van der Waals surface area contributed by atoms with Gasteiger partial charge in [-0.05, 0) is 25.1 Å². The third kappa shape index (κ3) is 5.49. The highest BCUT2D eigenvalue weighted by Gasteiger charge is 2.50.